The molecule has 110 valence electrons. The topological polar surface area (TPSA) is 20.2 Å². The van der Waals surface area contributed by atoms with Crippen LogP contribution in [0, 0.1) is 11.6 Å². The summed E-state index contributed by atoms with van der Waals surface area (Å²) in [4.78, 5) is 0. The van der Waals surface area contributed by atoms with Crippen LogP contribution in [0.4, 0.5) is 8.78 Å². The SMILES string of the molecule is OC1(c2cc(F)cc(F)c2)CCC(c2ccccc2)CC1. The first kappa shape index (κ1) is 14.2. The van der Waals surface area contributed by atoms with E-state index in [-0.39, 0.29) is 0 Å². The third kappa shape index (κ3) is 2.98. The summed E-state index contributed by atoms with van der Waals surface area (Å²) in [6.45, 7) is 0. The Kier molecular flexibility index (Phi) is 3.77. The Morgan fingerprint density at radius 2 is 1.48 bits per heavy atom. The van der Waals surface area contributed by atoms with Gasteiger partial charge in [-0.1, -0.05) is 30.3 Å². The van der Waals surface area contributed by atoms with Gasteiger partial charge in [0.15, 0.2) is 0 Å². The monoisotopic (exact) mass is 288 g/mol. The molecule has 1 N–H and O–H groups in total. The summed E-state index contributed by atoms with van der Waals surface area (Å²) in [5.74, 6) is -0.864. The minimum absolute atomic E-state index is 0.353. The Hall–Kier alpha value is -1.74. The van der Waals surface area contributed by atoms with Gasteiger partial charge in [0.25, 0.3) is 0 Å². The van der Waals surface area contributed by atoms with E-state index in [0.29, 0.717) is 24.3 Å². The maximum Gasteiger partial charge on any atom is 0.126 e. The smallest absolute Gasteiger partial charge is 0.126 e. The quantitative estimate of drug-likeness (QED) is 0.862. The lowest BCUT2D eigenvalue weighted by atomic mass is 9.73. The highest BCUT2D eigenvalue weighted by Crippen LogP contribution is 2.43. The number of benzene rings is 2. The fourth-order valence-electron chi connectivity index (χ4n) is 3.27. The lowest BCUT2D eigenvalue weighted by Crippen LogP contribution is -2.31. The molecule has 1 fully saturated rings. The van der Waals surface area contributed by atoms with Gasteiger partial charge in [-0.3, -0.25) is 0 Å². The van der Waals surface area contributed by atoms with Gasteiger partial charge in [0, 0.05) is 6.07 Å². The third-order valence-electron chi connectivity index (χ3n) is 4.48. The molecule has 1 nitrogen and oxygen atoms in total. The van der Waals surface area contributed by atoms with Crippen molar-refractivity contribution in [3.63, 3.8) is 0 Å². The van der Waals surface area contributed by atoms with Crippen molar-refractivity contribution in [1.82, 2.24) is 0 Å². The molecular weight excluding hydrogens is 270 g/mol. The van der Waals surface area contributed by atoms with Crippen LogP contribution in [0.5, 0.6) is 0 Å². The minimum atomic E-state index is -1.12. The molecule has 0 unspecified atom stereocenters. The Balaban J connectivity index is 1.77. The van der Waals surface area contributed by atoms with Crippen molar-refractivity contribution in [3.05, 3.63) is 71.3 Å². The summed E-state index contributed by atoms with van der Waals surface area (Å²) in [6, 6.07) is 13.5. The molecule has 1 aliphatic carbocycles. The van der Waals surface area contributed by atoms with Crippen molar-refractivity contribution < 1.29 is 13.9 Å². The third-order valence-corrected chi connectivity index (χ3v) is 4.48. The van der Waals surface area contributed by atoms with Gasteiger partial charge in [-0.25, -0.2) is 8.78 Å². The van der Waals surface area contributed by atoms with Crippen molar-refractivity contribution in [2.45, 2.75) is 37.2 Å². The summed E-state index contributed by atoms with van der Waals surface area (Å²) >= 11 is 0. The van der Waals surface area contributed by atoms with E-state index in [9.17, 15) is 13.9 Å². The molecule has 0 atom stereocenters. The zero-order valence-electron chi connectivity index (χ0n) is 11.7. The molecule has 0 spiro atoms. The average Bonchev–Trinajstić information content (AvgIpc) is 2.48. The summed E-state index contributed by atoms with van der Waals surface area (Å²) in [5.41, 5.74) is 0.505. The molecule has 2 aromatic rings. The molecule has 0 aromatic heterocycles. The zero-order chi connectivity index (χ0) is 14.9. The highest BCUT2D eigenvalue weighted by Gasteiger charge is 2.35. The van der Waals surface area contributed by atoms with E-state index in [1.54, 1.807) is 0 Å². The Morgan fingerprint density at radius 3 is 2.05 bits per heavy atom. The van der Waals surface area contributed by atoms with Crippen LogP contribution < -0.4 is 0 Å². The first-order valence-corrected chi connectivity index (χ1v) is 7.31. The van der Waals surface area contributed by atoms with Crippen LogP contribution in [-0.4, -0.2) is 5.11 Å². The van der Waals surface area contributed by atoms with E-state index in [4.69, 9.17) is 0 Å². The summed E-state index contributed by atoms with van der Waals surface area (Å²) < 4.78 is 26.7. The first-order valence-electron chi connectivity index (χ1n) is 7.31. The van der Waals surface area contributed by atoms with Crippen molar-refractivity contribution in [1.29, 1.82) is 0 Å². The molecule has 0 heterocycles. The molecular formula is C18H18F2O. The highest BCUT2D eigenvalue weighted by atomic mass is 19.1. The van der Waals surface area contributed by atoms with Crippen LogP contribution >= 0.6 is 0 Å². The molecule has 0 bridgehead atoms. The molecule has 21 heavy (non-hydrogen) atoms. The van der Waals surface area contributed by atoms with Gasteiger partial charge in [-0.05, 0) is 54.9 Å². The van der Waals surface area contributed by atoms with Crippen LogP contribution in [0.15, 0.2) is 48.5 Å². The van der Waals surface area contributed by atoms with Gasteiger partial charge in [0.05, 0.1) is 5.60 Å². The normalized spacial score (nSPS) is 25.8. The maximum atomic E-state index is 13.3. The van der Waals surface area contributed by atoms with Gasteiger partial charge in [0.2, 0.25) is 0 Å². The predicted molar refractivity (Wildman–Crippen MR) is 77.9 cm³/mol. The molecule has 2 aromatic carbocycles. The predicted octanol–water partition coefficient (Wildman–Crippen LogP) is 4.51. The van der Waals surface area contributed by atoms with Gasteiger partial charge in [-0.2, -0.15) is 0 Å². The lowest BCUT2D eigenvalue weighted by Gasteiger charge is -2.36. The molecule has 0 aliphatic heterocycles. The standard InChI is InChI=1S/C18H18F2O/c19-16-10-15(11-17(20)12-16)18(21)8-6-14(7-9-18)13-4-2-1-3-5-13/h1-5,10-12,14,21H,6-9H2. The summed E-state index contributed by atoms with van der Waals surface area (Å²) in [5, 5.41) is 10.7. The second-order valence-corrected chi connectivity index (χ2v) is 5.87. The van der Waals surface area contributed by atoms with E-state index in [1.165, 1.54) is 17.7 Å². The average molecular weight is 288 g/mol. The molecule has 0 amide bonds. The van der Waals surface area contributed by atoms with Gasteiger partial charge < -0.3 is 5.11 Å². The molecule has 3 rings (SSSR count). The van der Waals surface area contributed by atoms with Crippen LogP contribution in [0.25, 0.3) is 0 Å². The Labute approximate surface area is 123 Å². The summed E-state index contributed by atoms with van der Waals surface area (Å²) in [6.07, 6.45) is 2.68. The molecule has 1 aliphatic rings. The van der Waals surface area contributed by atoms with Crippen LogP contribution in [0.3, 0.4) is 0 Å². The van der Waals surface area contributed by atoms with Crippen LogP contribution in [0.2, 0.25) is 0 Å². The van der Waals surface area contributed by atoms with E-state index < -0.39 is 17.2 Å². The lowest BCUT2D eigenvalue weighted by molar-refractivity contribution is -0.00617. The Bertz CT molecular complexity index is 596. The second-order valence-electron chi connectivity index (χ2n) is 5.87. The number of aliphatic hydroxyl groups is 1. The van der Waals surface area contributed by atoms with Crippen molar-refractivity contribution in [2.24, 2.45) is 0 Å². The minimum Gasteiger partial charge on any atom is -0.385 e. The van der Waals surface area contributed by atoms with Gasteiger partial charge in [0.1, 0.15) is 11.6 Å². The first-order chi connectivity index (χ1) is 10.1. The van der Waals surface area contributed by atoms with E-state index in [1.807, 2.05) is 18.2 Å². The fraction of sp³-hybridized carbons (Fsp3) is 0.333. The largest absolute Gasteiger partial charge is 0.385 e. The summed E-state index contributed by atoms with van der Waals surface area (Å²) in [7, 11) is 0. The van der Waals surface area contributed by atoms with E-state index >= 15 is 0 Å². The Morgan fingerprint density at radius 1 is 0.905 bits per heavy atom. The molecule has 0 radical (unpaired) electrons. The zero-order valence-corrected chi connectivity index (χ0v) is 11.7. The number of rotatable bonds is 2. The van der Waals surface area contributed by atoms with Crippen molar-refractivity contribution >= 4 is 0 Å². The molecule has 1 saturated carbocycles. The van der Waals surface area contributed by atoms with Crippen LogP contribution in [0.1, 0.15) is 42.7 Å². The van der Waals surface area contributed by atoms with Gasteiger partial charge in [-0.15, -0.1) is 0 Å². The number of hydrogen-bond acceptors (Lipinski definition) is 1. The number of halogens is 2. The second kappa shape index (κ2) is 5.57. The van der Waals surface area contributed by atoms with Crippen LogP contribution in [-0.2, 0) is 5.60 Å². The van der Waals surface area contributed by atoms with E-state index in [0.717, 1.165) is 18.9 Å². The van der Waals surface area contributed by atoms with Gasteiger partial charge >= 0.3 is 0 Å². The highest BCUT2D eigenvalue weighted by molar-refractivity contribution is 5.27. The van der Waals surface area contributed by atoms with Crippen molar-refractivity contribution in [2.75, 3.05) is 0 Å². The number of hydrogen-bond donors (Lipinski definition) is 1. The van der Waals surface area contributed by atoms with E-state index in [2.05, 4.69) is 12.1 Å². The maximum absolute atomic E-state index is 13.3. The fourth-order valence-corrected chi connectivity index (χ4v) is 3.27. The molecule has 3 heteroatoms. The molecule has 0 saturated heterocycles. The van der Waals surface area contributed by atoms with Crippen molar-refractivity contribution in [3.8, 4) is 0 Å².